The number of nitrogens with zero attached hydrogens (tertiary/aromatic N) is 6. The number of hydrogen-bond donors (Lipinski definition) is 1. The number of aryl methyl sites for hydroxylation is 1. The quantitative estimate of drug-likeness (QED) is 0.883. The zero-order valence-electron chi connectivity index (χ0n) is 11.6. The number of hydrogen-bond acceptors (Lipinski definition) is 6. The molecule has 1 N–H and O–H groups in total. The average molecular weight is 273 g/mol. The van der Waals surface area contributed by atoms with Crippen LogP contribution in [-0.2, 0) is 13.6 Å². The first kappa shape index (κ1) is 13.0. The molecule has 0 radical (unpaired) electrons. The van der Waals surface area contributed by atoms with Gasteiger partial charge in [-0.1, -0.05) is 0 Å². The Bertz CT molecular complexity index is 531. The molecule has 0 bridgehead atoms. The molecule has 0 amide bonds. The zero-order chi connectivity index (χ0) is 13.8. The Morgan fingerprint density at radius 3 is 2.85 bits per heavy atom. The number of rotatable bonds is 4. The van der Waals surface area contributed by atoms with Crippen molar-refractivity contribution in [3.8, 4) is 0 Å². The maximum Gasteiger partial charge on any atom is 0.148 e. The lowest BCUT2D eigenvalue weighted by Gasteiger charge is -2.32. The van der Waals surface area contributed by atoms with E-state index in [9.17, 15) is 0 Å². The van der Waals surface area contributed by atoms with Crippen LogP contribution in [0.15, 0.2) is 24.7 Å². The molecule has 3 rings (SSSR count). The summed E-state index contributed by atoms with van der Waals surface area (Å²) in [6.45, 7) is 2.99. The lowest BCUT2D eigenvalue weighted by molar-refractivity contribution is 0.204. The Morgan fingerprint density at radius 2 is 2.20 bits per heavy atom. The molecule has 0 spiro atoms. The van der Waals surface area contributed by atoms with Crippen molar-refractivity contribution < 1.29 is 0 Å². The van der Waals surface area contributed by atoms with E-state index in [4.69, 9.17) is 0 Å². The van der Waals surface area contributed by atoms with E-state index in [1.165, 1.54) is 0 Å². The molecule has 1 saturated heterocycles. The van der Waals surface area contributed by atoms with Gasteiger partial charge in [0.2, 0.25) is 0 Å². The molecular formula is C13H19N7. The first-order valence-corrected chi connectivity index (χ1v) is 6.91. The maximum atomic E-state index is 4.27. The fourth-order valence-corrected chi connectivity index (χ4v) is 2.49. The second kappa shape index (κ2) is 5.96. The number of nitrogens with one attached hydrogen (secondary N) is 1. The Balaban J connectivity index is 1.49. The molecule has 7 heteroatoms. The molecule has 0 aliphatic carbocycles. The largest absolute Gasteiger partial charge is 0.366 e. The fraction of sp³-hybridized carbons (Fsp3) is 0.538. The van der Waals surface area contributed by atoms with Crippen LogP contribution in [0.25, 0.3) is 0 Å². The molecule has 20 heavy (non-hydrogen) atoms. The summed E-state index contributed by atoms with van der Waals surface area (Å²) in [5.41, 5.74) is 0. The third-order valence-electron chi connectivity index (χ3n) is 3.68. The lowest BCUT2D eigenvalue weighted by Crippen LogP contribution is -2.39. The molecule has 2 aromatic heterocycles. The summed E-state index contributed by atoms with van der Waals surface area (Å²) in [6.07, 6.45) is 5.51. The van der Waals surface area contributed by atoms with Crippen molar-refractivity contribution >= 4 is 5.82 Å². The van der Waals surface area contributed by atoms with Crippen LogP contribution in [0.2, 0.25) is 0 Å². The molecule has 106 valence electrons. The van der Waals surface area contributed by atoms with E-state index in [2.05, 4.69) is 30.5 Å². The Morgan fingerprint density at radius 1 is 1.35 bits per heavy atom. The van der Waals surface area contributed by atoms with Gasteiger partial charge in [0.25, 0.3) is 0 Å². The summed E-state index contributed by atoms with van der Waals surface area (Å²) in [5.74, 6) is 1.88. The second-order valence-electron chi connectivity index (χ2n) is 5.10. The molecule has 1 aliphatic rings. The third-order valence-corrected chi connectivity index (χ3v) is 3.68. The van der Waals surface area contributed by atoms with E-state index >= 15 is 0 Å². The lowest BCUT2D eigenvalue weighted by atomic mass is 10.1. The molecule has 1 aliphatic heterocycles. The van der Waals surface area contributed by atoms with Crippen molar-refractivity contribution in [2.45, 2.75) is 25.4 Å². The first-order chi connectivity index (χ1) is 9.81. The van der Waals surface area contributed by atoms with Crippen LogP contribution < -0.4 is 5.32 Å². The highest BCUT2D eigenvalue weighted by Gasteiger charge is 2.20. The zero-order valence-corrected chi connectivity index (χ0v) is 11.6. The summed E-state index contributed by atoms with van der Waals surface area (Å²) < 4.78 is 1.84. The summed E-state index contributed by atoms with van der Waals surface area (Å²) in [5, 5.41) is 15.5. The van der Waals surface area contributed by atoms with Crippen molar-refractivity contribution in [2.75, 3.05) is 18.4 Å². The molecule has 3 heterocycles. The molecular weight excluding hydrogens is 254 g/mol. The smallest absolute Gasteiger partial charge is 0.148 e. The van der Waals surface area contributed by atoms with Crippen LogP contribution in [0.3, 0.4) is 0 Å². The van der Waals surface area contributed by atoms with Crippen molar-refractivity contribution in [1.29, 1.82) is 0 Å². The van der Waals surface area contributed by atoms with Gasteiger partial charge in [-0.2, -0.15) is 10.2 Å². The highest BCUT2D eigenvalue weighted by Crippen LogP contribution is 2.15. The van der Waals surface area contributed by atoms with Crippen molar-refractivity contribution in [2.24, 2.45) is 7.05 Å². The Hall–Kier alpha value is -2.02. The van der Waals surface area contributed by atoms with Gasteiger partial charge in [-0.05, 0) is 25.0 Å². The predicted octanol–water partition coefficient (Wildman–Crippen LogP) is 0.682. The summed E-state index contributed by atoms with van der Waals surface area (Å²) in [6, 6.07) is 4.33. The minimum Gasteiger partial charge on any atom is -0.366 e. The third kappa shape index (κ3) is 3.11. The molecule has 0 saturated carbocycles. The Kier molecular flexibility index (Phi) is 3.87. The van der Waals surface area contributed by atoms with E-state index in [0.717, 1.165) is 44.1 Å². The molecule has 0 unspecified atom stereocenters. The van der Waals surface area contributed by atoms with Gasteiger partial charge >= 0.3 is 0 Å². The maximum absolute atomic E-state index is 4.27. The molecule has 0 aromatic carbocycles. The summed E-state index contributed by atoms with van der Waals surface area (Å²) >= 11 is 0. The van der Waals surface area contributed by atoms with Crippen LogP contribution in [0.1, 0.15) is 18.7 Å². The van der Waals surface area contributed by atoms with Crippen LogP contribution in [-0.4, -0.2) is 49.0 Å². The number of aromatic nitrogens is 5. The fourth-order valence-electron chi connectivity index (χ4n) is 2.49. The molecule has 1 fully saturated rings. The van der Waals surface area contributed by atoms with Crippen LogP contribution in [0.5, 0.6) is 0 Å². The van der Waals surface area contributed by atoms with Crippen molar-refractivity contribution in [1.82, 2.24) is 29.9 Å². The van der Waals surface area contributed by atoms with E-state index in [1.54, 1.807) is 12.5 Å². The van der Waals surface area contributed by atoms with E-state index in [0.29, 0.717) is 6.04 Å². The minimum absolute atomic E-state index is 0.474. The molecule has 2 aromatic rings. The number of anilines is 1. The van der Waals surface area contributed by atoms with Crippen LogP contribution in [0.4, 0.5) is 5.82 Å². The van der Waals surface area contributed by atoms with Gasteiger partial charge in [-0.25, -0.2) is 4.98 Å². The van der Waals surface area contributed by atoms with E-state index in [-0.39, 0.29) is 0 Å². The van der Waals surface area contributed by atoms with Crippen LogP contribution in [0, 0.1) is 0 Å². The highest BCUT2D eigenvalue weighted by molar-refractivity contribution is 5.32. The Labute approximate surface area is 118 Å². The average Bonchev–Trinajstić information content (AvgIpc) is 2.88. The van der Waals surface area contributed by atoms with Gasteiger partial charge in [0.05, 0.1) is 6.54 Å². The summed E-state index contributed by atoms with van der Waals surface area (Å²) in [7, 11) is 1.94. The number of likely N-dealkylation sites (tertiary alicyclic amines) is 1. The van der Waals surface area contributed by atoms with Gasteiger partial charge < -0.3 is 5.32 Å². The second-order valence-corrected chi connectivity index (χ2v) is 5.10. The normalized spacial score (nSPS) is 17.2. The standard InChI is InChI=1S/C13H19N7/c1-19-13(14-10-16-19)9-20-7-4-11(5-8-20)17-12-3-2-6-15-18-12/h2-3,6,10-11H,4-5,7-9H2,1H3,(H,17,18). The molecule has 0 atom stereocenters. The topological polar surface area (TPSA) is 71.8 Å². The van der Waals surface area contributed by atoms with Gasteiger partial charge in [-0.3, -0.25) is 9.58 Å². The minimum atomic E-state index is 0.474. The van der Waals surface area contributed by atoms with Gasteiger partial charge in [0.15, 0.2) is 0 Å². The van der Waals surface area contributed by atoms with Crippen molar-refractivity contribution in [3.05, 3.63) is 30.5 Å². The SMILES string of the molecule is Cn1ncnc1CN1CCC(Nc2cccnn2)CC1. The van der Waals surface area contributed by atoms with E-state index in [1.807, 2.05) is 23.9 Å². The van der Waals surface area contributed by atoms with E-state index < -0.39 is 0 Å². The summed E-state index contributed by atoms with van der Waals surface area (Å²) in [4.78, 5) is 6.69. The highest BCUT2D eigenvalue weighted by atomic mass is 15.3. The monoisotopic (exact) mass is 273 g/mol. The van der Waals surface area contributed by atoms with Gasteiger partial charge in [0.1, 0.15) is 18.0 Å². The van der Waals surface area contributed by atoms with Crippen LogP contribution >= 0.6 is 0 Å². The van der Waals surface area contributed by atoms with Gasteiger partial charge in [0, 0.05) is 32.4 Å². The number of piperidine rings is 1. The molecule has 7 nitrogen and oxygen atoms in total. The van der Waals surface area contributed by atoms with Gasteiger partial charge in [-0.15, -0.1) is 5.10 Å². The van der Waals surface area contributed by atoms with Crippen molar-refractivity contribution in [3.63, 3.8) is 0 Å². The predicted molar refractivity (Wildman–Crippen MR) is 75.0 cm³/mol. The first-order valence-electron chi connectivity index (χ1n) is 6.91.